The zero-order valence-electron chi connectivity index (χ0n) is 7.82. The van der Waals surface area contributed by atoms with Crippen molar-refractivity contribution >= 4 is 0 Å². The van der Waals surface area contributed by atoms with Gasteiger partial charge < -0.3 is 10.2 Å². The lowest BCUT2D eigenvalue weighted by atomic mass is 9.42. The molecule has 0 radical (unpaired) electrons. The molecule has 0 saturated heterocycles. The van der Waals surface area contributed by atoms with Gasteiger partial charge in [-0.25, -0.2) is 0 Å². The van der Waals surface area contributed by atoms with Crippen molar-refractivity contribution in [1.29, 1.82) is 0 Å². The highest BCUT2D eigenvalue weighted by atomic mass is 16.3. The molecule has 14 heavy (non-hydrogen) atoms. The number of hydrogen-bond donors (Lipinski definition) is 2. The molecule has 0 aromatic rings. The molecule has 5 aliphatic rings. The van der Waals surface area contributed by atoms with Crippen molar-refractivity contribution in [3.05, 3.63) is 24.3 Å². The molecule has 2 saturated carbocycles. The van der Waals surface area contributed by atoms with E-state index in [0.29, 0.717) is 35.5 Å². The minimum atomic E-state index is -0.465. The maximum atomic E-state index is 9.75. The Balaban J connectivity index is 1.80. The Morgan fingerprint density at radius 1 is 0.571 bits per heavy atom. The van der Waals surface area contributed by atoms with Crippen molar-refractivity contribution in [1.82, 2.24) is 0 Å². The molecule has 8 unspecified atom stereocenters. The van der Waals surface area contributed by atoms with Gasteiger partial charge >= 0.3 is 0 Å². The molecule has 0 aromatic heterocycles. The second-order valence-electron chi connectivity index (χ2n) is 5.22. The summed E-state index contributed by atoms with van der Waals surface area (Å²) in [4.78, 5) is 0. The van der Waals surface area contributed by atoms with Crippen LogP contribution in [-0.4, -0.2) is 22.4 Å². The second-order valence-corrected chi connectivity index (χ2v) is 5.22. The summed E-state index contributed by atoms with van der Waals surface area (Å²) < 4.78 is 0. The average molecular weight is 190 g/mol. The fourth-order valence-electron chi connectivity index (χ4n) is 4.15. The van der Waals surface area contributed by atoms with Crippen molar-refractivity contribution in [2.75, 3.05) is 0 Å². The van der Waals surface area contributed by atoms with Crippen LogP contribution in [0.15, 0.2) is 24.3 Å². The Kier molecular flexibility index (Phi) is 1.17. The largest absolute Gasteiger partial charge is 0.390 e. The number of allylic oxidation sites excluding steroid dienone is 4. The smallest absolute Gasteiger partial charge is 0.0839 e. The lowest BCUT2D eigenvalue weighted by Gasteiger charge is -2.64. The second kappa shape index (κ2) is 2.15. The van der Waals surface area contributed by atoms with Crippen molar-refractivity contribution < 1.29 is 10.2 Å². The van der Waals surface area contributed by atoms with E-state index >= 15 is 0 Å². The molecule has 5 aliphatic carbocycles. The van der Waals surface area contributed by atoms with E-state index in [9.17, 15) is 10.2 Å². The molecule has 0 heterocycles. The molecule has 2 nitrogen and oxygen atoms in total. The Labute approximate surface area is 82.9 Å². The Hall–Kier alpha value is -0.600. The van der Waals surface area contributed by atoms with Gasteiger partial charge in [0.2, 0.25) is 0 Å². The van der Waals surface area contributed by atoms with E-state index in [2.05, 4.69) is 24.3 Å². The lowest BCUT2D eigenvalue weighted by molar-refractivity contribution is -0.217. The molecule has 2 heteroatoms. The molecule has 8 atom stereocenters. The summed E-state index contributed by atoms with van der Waals surface area (Å²) in [5.41, 5.74) is 0. The first kappa shape index (κ1) is 7.66. The molecule has 0 aromatic carbocycles. The van der Waals surface area contributed by atoms with Gasteiger partial charge in [0.25, 0.3) is 0 Å². The average Bonchev–Trinajstić information content (AvgIpc) is 2.15. The third-order valence-electron chi connectivity index (χ3n) is 4.92. The number of hydrogen-bond acceptors (Lipinski definition) is 2. The molecule has 74 valence electrons. The highest BCUT2D eigenvalue weighted by Gasteiger charge is 2.63. The van der Waals surface area contributed by atoms with Crippen LogP contribution in [0.2, 0.25) is 0 Å². The molecule has 0 spiro atoms. The number of aliphatic hydroxyl groups excluding tert-OH is 2. The minimum absolute atomic E-state index is 0.339. The summed E-state index contributed by atoms with van der Waals surface area (Å²) >= 11 is 0. The van der Waals surface area contributed by atoms with Crippen LogP contribution in [-0.2, 0) is 0 Å². The Morgan fingerprint density at radius 2 is 0.929 bits per heavy atom. The monoisotopic (exact) mass is 190 g/mol. The van der Waals surface area contributed by atoms with E-state index in [1.807, 2.05) is 0 Å². The third-order valence-corrected chi connectivity index (χ3v) is 4.92. The minimum Gasteiger partial charge on any atom is -0.390 e. The van der Waals surface area contributed by atoms with Crippen LogP contribution in [0.3, 0.4) is 0 Å². The maximum Gasteiger partial charge on any atom is 0.0839 e. The van der Waals surface area contributed by atoms with Crippen molar-refractivity contribution in [2.45, 2.75) is 12.2 Å². The van der Waals surface area contributed by atoms with Crippen molar-refractivity contribution in [2.24, 2.45) is 35.5 Å². The third kappa shape index (κ3) is 0.598. The van der Waals surface area contributed by atoms with Gasteiger partial charge in [-0.1, -0.05) is 24.3 Å². The fraction of sp³-hybridized carbons (Fsp3) is 0.667. The summed E-state index contributed by atoms with van der Waals surface area (Å²) in [7, 11) is 0. The number of aliphatic hydroxyl groups is 2. The van der Waals surface area contributed by atoms with Gasteiger partial charge in [0.1, 0.15) is 0 Å². The van der Waals surface area contributed by atoms with Gasteiger partial charge in [-0.15, -0.1) is 0 Å². The highest BCUT2D eigenvalue weighted by Crippen LogP contribution is 2.62. The van der Waals surface area contributed by atoms with Crippen molar-refractivity contribution in [3.63, 3.8) is 0 Å². The SMILES string of the molecule is OC1C(O)C2C3C=CC(C4C=CC43)C12. The van der Waals surface area contributed by atoms with Gasteiger partial charge in [0.05, 0.1) is 12.2 Å². The van der Waals surface area contributed by atoms with E-state index in [0.717, 1.165) is 0 Å². The topological polar surface area (TPSA) is 40.5 Å². The molecular weight excluding hydrogens is 176 g/mol. The van der Waals surface area contributed by atoms with E-state index in [4.69, 9.17) is 0 Å². The van der Waals surface area contributed by atoms with Crippen LogP contribution in [0.4, 0.5) is 0 Å². The first-order chi connectivity index (χ1) is 6.79. The van der Waals surface area contributed by atoms with Gasteiger partial charge in [-0.05, 0) is 23.7 Å². The number of rotatable bonds is 0. The molecule has 2 fully saturated rings. The molecule has 5 rings (SSSR count). The molecule has 0 aliphatic heterocycles. The Morgan fingerprint density at radius 3 is 1.29 bits per heavy atom. The summed E-state index contributed by atoms with van der Waals surface area (Å²) in [6.45, 7) is 0. The van der Waals surface area contributed by atoms with E-state index in [-0.39, 0.29) is 0 Å². The first-order valence-electron chi connectivity index (χ1n) is 5.52. The van der Waals surface area contributed by atoms with Gasteiger partial charge in [0.15, 0.2) is 0 Å². The summed E-state index contributed by atoms with van der Waals surface area (Å²) in [6, 6.07) is 0. The zero-order chi connectivity index (χ0) is 9.45. The fourth-order valence-corrected chi connectivity index (χ4v) is 4.15. The summed E-state index contributed by atoms with van der Waals surface area (Å²) in [6.07, 6.45) is 8.16. The molecule has 2 bridgehead atoms. The maximum absolute atomic E-state index is 9.75. The molecular formula is C12H14O2. The predicted octanol–water partition coefficient (Wildman–Crippen LogP) is 0.572. The summed E-state index contributed by atoms with van der Waals surface area (Å²) in [5.74, 6) is 3.00. The standard InChI is InChI=1S/C12H14O2/c13-11-9-7-3-4-8(10(9)12(11)14)6-2-1-5(6)7/h1-14H. The van der Waals surface area contributed by atoms with Crippen LogP contribution in [0, 0.1) is 35.5 Å². The normalized spacial score (nSPS) is 66.7. The summed E-state index contributed by atoms with van der Waals surface area (Å²) in [5, 5.41) is 19.5. The van der Waals surface area contributed by atoms with Crippen LogP contribution >= 0.6 is 0 Å². The van der Waals surface area contributed by atoms with Crippen LogP contribution < -0.4 is 0 Å². The Bertz CT molecular complexity index is 314. The van der Waals surface area contributed by atoms with Gasteiger partial charge in [-0.3, -0.25) is 0 Å². The van der Waals surface area contributed by atoms with E-state index in [1.54, 1.807) is 0 Å². The van der Waals surface area contributed by atoms with Crippen LogP contribution in [0.5, 0.6) is 0 Å². The predicted molar refractivity (Wildman–Crippen MR) is 51.2 cm³/mol. The van der Waals surface area contributed by atoms with E-state index in [1.165, 1.54) is 0 Å². The van der Waals surface area contributed by atoms with Gasteiger partial charge in [0, 0.05) is 11.8 Å². The molecule has 2 N–H and O–H groups in total. The zero-order valence-corrected chi connectivity index (χ0v) is 7.82. The van der Waals surface area contributed by atoms with Crippen LogP contribution in [0.1, 0.15) is 0 Å². The van der Waals surface area contributed by atoms with Crippen molar-refractivity contribution in [3.8, 4) is 0 Å². The quantitative estimate of drug-likeness (QED) is 0.548. The highest BCUT2D eigenvalue weighted by molar-refractivity contribution is 5.31. The first-order valence-corrected chi connectivity index (χ1v) is 5.52. The lowest BCUT2D eigenvalue weighted by Crippen LogP contribution is -2.67. The molecule has 0 amide bonds. The van der Waals surface area contributed by atoms with Crippen LogP contribution in [0.25, 0.3) is 0 Å². The van der Waals surface area contributed by atoms with E-state index < -0.39 is 12.2 Å². The van der Waals surface area contributed by atoms with Gasteiger partial charge in [-0.2, -0.15) is 0 Å².